The van der Waals surface area contributed by atoms with Gasteiger partial charge >= 0.3 is 11.0 Å². The summed E-state index contributed by atoms with van der Waals surface area (Å²) in [5.74, 6) is -3.53. The Hall–Kier alpha value is -5.08. The number of nitrogens with zero attached hydrogens (tertiary/aromatic N) is 1. The highest BCUT2D eigenvalue weighted by atomic mass is 32.2. The van der Waals surface area contributed by atoms with Crippen molar-refractivity contribution in [1.82, 2.24) is 4.98 Å². The highest BCUT2D eigenvalue weighted by molar-refractivity contribution is 8.00. The number of aromatic nitrogens is 1. The third kappa shape index (κ3) is 5.95. The van der Waals surface area contributed by atoms with Crippen molar-refractivity contribution in [2.45, 2.75) is 29.3 Å². The molecule has 3 heterocycles. The lowest BCUT2D eigenvalue weighted by Crippen LogP contribution is -2.33. The number of thioether (sulfide) groups is 1. The van der Waals surface area contributed by atoms with Gasteiger partial charge in [-0.15, -0.1) is 0 Å². The summed E-state index contributed by atoms with van der Waals surface area (Å²) in [5, 5.41) is 3.97. The summed E-state index contributed by atoms with van der Waals surface area (Å²) in [4.78, 5) is 56.6. The zero-order valence-corrected chi connectivity index (χ0v) is 27.2. The number of benzene rings is 4. The zero-order valence-electron chi connectivity index (χ0n) is 25.6. The number of hydrogen-bond donors (Lipinski definition) is 2. The average molecular weight is 706 g/mol. The molecule has 1 aromatic heterocycles. The summed E-state index contributed by atoms with van der Waals surface area (Å²) >= 11 is 1.83. The number of para-hydroxylation sites is 1. The minimum absolute atomic E-state index is 0.219. The van der Waals surface area contributed by atoms with E-state index in [9.17, 15) is 32.3 Å². The minimum atomic E-state index is -4.81. The predicted molar refractivity (Wildman–Crippen MR) is 180 cm³/mol. The van der Waals surface area contributed by atoms with Crippen LogP contribution in [0.3, 0.4) is 0 Å². The first-order chi connectivity index (χ1) is 23.5. The second-order valence-corrected chi connectivity index (χ2v) is 13.4. The molecule has 0 saturated carbocycles. The molecule has 250 valence electrons. The smallest absolute Gasteiger partial charge is 0.418 e. The van der Waals surface area contributed by atoms with Crippen molar-refractivity contribution in [2.75, 3.05) is 23.4 Å². The Labute approximate surface area is 285 Å². The van der Waals surface area contributed by atoms with E-state index in [-0.39, 0.29) is 24.7 Å². The Bertz CT molecular complexity index is 2180. The number of anilines is 2. The van der Waals surface area contributed by atoms with Crippen molar-refractivity contribution in [3.05, 3.63) is 111 Å². The molecule has 1 fully saturated rings. The number of ether oxygens (including phenoxy) is 2. The fourth-order valence-corrected chi connectivity index (χ4v) is 8.81. The lowest BCUT2D eigenvalue weighted by Gasteiger charge is -2.30. The van der Waals surface area contributed by atoms with Crippen molar-refractivity contribution in [3.8, 4) is 11.5 Å². The van der Waals surface area contributed by atoms with Crippen LogP contribution in [-0.4, -0.2) is 41.2 Å². The molecule has 0 aliphatic carbocycles. The van der Waals surface area contributed by atoms with Crippen molar-refractivity contribution in [1.29, 1.82) is 0 Å². The van der Waals surface area contributed by atoms with Gasteiger partial charge in [0.2, 0.25) is 11.8 Å². The van der Waals surface area contributed by atoms with Crippen LogP contribution in [0.25, 0.3) is 10.8 Å². The second kappa shape index (κ2) is 12.7. The standard InChI is InChI=1S/C35H26F3N3O6S2/c1-2-46-25-16-19(14-15-24(25)47-17-26(42)39-22-12-7-9-18-8-3-4-10-20(18)22)27-28-30(48-31-29(27)49-34(45)40-31)33(44)41(32(28)43)23-13-6-5-11-21(23)35(36,37)38/h3-16,27-28,30H,2,17H2,1H3,(H,39,42)(H,40,45)/t27-,28-,30+/m0/s1. The van der Waals surface area contributed by atoms with E-state index in [4.69, 9.17) is 9.47 Å². The van der Waals surface area contributed by atoms with Gasteiger partial charge in [0.05, 0.1) is 28.8 Å². The van der Waals surface area contributed by atoms with Gasteiger partial charge in [-0.25, -0.2) is 4.90 Å². The number of H-pyrrole nitrogens is 1. The number of carbonyl (C=O) groups excluding carboxylic acids is 3. The Morgan fingerprint density at radius 2 is 1.67 bits per heavy atom. The van der Waals surface area contributed by atoms with Gasteiger partial charge in [-0.05, 0) is 48.2 Å². The van der Waals surface area contributed by atoms with Gasteiger partial charge in [0.25, 0.3) is 5.91 Å². The summed E-state index contributed by atoms with van der Waals surface area (Å²) in [6.45, 7) is 1.62. The number of halogens is 3. The Morgan fingerprint density at radius 3 is 2.47 bits per heavy atom. The number of nitrogens with one attached hydrogen (secondary N) is 2. The van der Waals surface area contributed by atoms with Crippen LogP contribution in [0.1, 0.15) is 28.8 Å². The lowest BCUT2D eigenvalue weighted by atomic mass is 9.83. The van der Waals surface area contributed by atoms with Crippen LogP contribution >= 0.6 is 23.1 Å². The van der Waals surface area contributed by atoms with Crippen LogP contribution in [0.4, 0.5) is 24.5 Å². The van der Waals surface area contributed by atoms with Crippen LogP contribution in [0.2, 0.25) is 0 Å². The van der Waals surface area contributed by atoms with Crippen LogP contribution in [0.15, 0.2) is 94.7 Å². The topological polar surface area (TPSA) is 118 Å². The van der Waals surface area contributed by atoms with Crippen molar-refractivity contribution in [3.63, 3.8) is 0 Å². The normalized spacial score (nSPS) is 18.7. The van der Waals surface area contributed by atoms with Gasteiger partial charge in [0.1, 0.15) is 5.25 Å². The number of fused-ring (bicyclic) bond motifs is 3. The first kappa shape index (κ1) is 32.5. The van der Waals surface area contributed by atoms with E-state index in [2.05, 4.69) is 10.3 Å². The molecule has 4 aromatic carbocycles. The average Bonchev–Trinajstić information content (AvgIpc) is 3.57. The number of hydrogen-bond acceptors (Lipinski definition) is 8. The number of imide groups is 1. The van der Waals surface area contributed by atoms with Gasteiger partial charge < -0.3 is 19.8 Å². The number of amides is 3. The SMILES string of the molecule is CCOc1cc([C@@H]2c3sc(=O)[nH]c3S[C@H]3C(=O)N(c4ccccc4C(F)(F)F)C(=O)[C@@H]23)ccc1OCC(=O)Nc1cccc2ccccc12. The highest BCUT2D eigenvalue weighted by Gasteiger charge is 2.57. The van der Waals surface area contributed by atoms with E-state index >= 15 is 0 Å². The van der Waals surface area contributed by atoms with Crippen molar-refractivity contribution >= 4 is 63.0 Å². The number of aromatic amines is 1. The molecule has 7 rings (SSSR count). The summed E-state index contributed by atoms with van der Waals surface area (Å²) in [6.07, 6.45) is -4.81. The molecule has 49 heavy (non-hydrogen) atoms. The monoisotopic (exact) mass is 705 g/mol. The largest absolute Gasteiger partial charge is 0.490 e. The summed E-state index contributed by atoms with van der Waals surface area (Å²) in [7, 11) is 0. The molecular formula is C35H26F3N3O6S2. The summed E-state index contributed by atoms with van der Waals surface area (Å²) < 4.78 is 53.6. The van der Waals surface area contributed by atoms with Gasteiger partial charge in [0, 0.05) is 21.9 Å². The maximum Gasteiger partial charge on any atom is 0.418 e. The van der Waals surface area contributed by atoms with Gasteiger partial charge in [-0.1, -0.05) is 77.7 Å². The molecular weight excluding hydrogens is 680 g/mol. The molecule has 1 saturated heterocycles. The van der Waals surface area contributed by atoms with Crippen LogP contribution in [0, 0.1) is 5.92 Å². The lowest BCUT2D eigenvalue weighted by molar-refractivity contribution is -0.137. The van der Waals surface area contributed by atoms with E-state index in [1.54, 1.807) is 31.2 Å². The van der Waals surface area contributed by atoms with Crippen molar-refractivity contribution < 1.29 is 37.0 Å². The second-order valence-electron chi connectivity index (χ2n) is 11.3. The van der Waals surface area contributed by atoms with Crippen molar-refractivity contribution in [2.24, 2.45) is 5.92 Å². The molecule has 2 aliphatic heterocycles. The minimum Gasteiger partial charge on any atom is -0.490 e. The number of rotatable bonds is 8. The first-order valence-corrected chi connectivity index (χ1v) is 16.9. The molecule has 0 bridgehead atoms. The van der Waals surface area contributed by atoms with Gasteiger partial charge in [-0.3, -0.25) is 19.2 Å². The first-order valence-electron chi connectivity index (χ1n) is 15.2. The van der Waals surface area contributed by atoms with E-state index < -0.39 is 57.1 Å². The molecule has 0 spiro atoms. The summed E-state index contributed by atoms with van der Waals surface area (Å²) in [5.41, 5.74) is -0.545. The Kier molecular flexibility index (Phi) is 8.45. The Balaban J connectivity index is 1.20. The zero-order chi connectivity index (χ0) is 34.4. The van der Waals surface area contributed by atoms with Crippen LogP contribution in [0.5, 0.6) is 11.5 Å². The van der Waals surface area contributed by atoms with E-state index in [0.29, 0.717) is 26.1 Å². The fourth-order valence-electron chi connectivity index (χ4n) is 6.29. The Morgan fingerprint density at radius 1 is 0.918 bits per heavy atom. The molecule has 3 amide bonds. The third-order valence-corrected chi connectivity index (χ3v) is 10.7. The van der Waals surface area contributed by atoms with Crippen LogP contribution < -0.4 is 24.6 Å². The van der Waals surface area contributed by atoms with E-state index in [1.807, 2.05) is 36.4 Å². The predicted octanol–water partition coefficient (Wildman–Crippen LogP) is 6.82. The van der Waals surface area contributed by atoms with Gasteiger partial charge in [0.15, 0.2) is 18.1 Å². The molecule has 3 atom stereocenters. The molecule has 14 heteroatoms. The maximum atomic E-state index is 14.1. The summed E-state index contributed by atoms with van der Waals surface area (Å²) in [6, 6.07) is 22.4. The molecule has 2 aliphatic rings. The quantitative estimate of drug-likeness (QED) is 0.170. The van der Waals surface area contributed by atoms with E-state index in [0.717, 1.165) is 46.0 Å². The molecule has 9 nitrogen and oxygen atoms in total. The third-order valence-electron chi connectivity index (χ3n) is 8.32. The number of thiazole rings is 1. The molecule has 0 radical (unpaired) electrons. The van der Waals surface area contributed by atoms with Gasteiger partial charge in [-0.2, -0.15) is 13.2 Å². The van der Waals surface area contributed by atoms with E-state index in [1.165, 1.54) is 12.1 Å². The van der Waals surface area contributed by atoms with Crippen LogP contribution in [-0.2, 0) is 20.6 Å². The molecule has 0 unspecified atom stereocenters. The highest BCUT2D eigenvalue weighted by Crippen LogP contribution is 2.54. The number of carbonyl (C=O) groups is 3. The molecule has 2 N–H and O–H groups in total. The fraction of sp³-hybridized carbons (Fsp3) is 0.200. The maximum absolute atomic E-state index is 14.1. The molecule has 5 aromatic rings. The number of alkyl halides is 3.